The highest BCUT2D eigenvalue weighted by atomic mass is 35.5. The molecule has 0 amide bonds. The van der Waals surface area contributed by atoms with Gasteiger partial charge in [0.05, 0.1) is 25.3 Å². The van der Waals surface area contributed by atoms with Gasteiger partial charge in [-0.05, 0) is 19.1 Å². The van der Waals surface area contributed by atoms with E-state index in [1.165, 1.54) is 14.2 Å². The SMILES string of the molecule is COc1cc(-c2noc([C@H](C)N)n2)cc(Cl)c1OC.Cl. The van der Waals surface area contributed by atoms with Crippen molar-refractivity contribution in [3.05, 3.63) is 23.0 Å². The third-order valence-corrected chi connectivity index (χ3v) is 2.80. The molecule has 1 atom stereocenters. The van der Waals surface area contributed by atoms with E-state index in [9.17, 15) is 0 Å². The monoisotopic (exact) mass is 319 g/mol. The molecule has 1 heterocycles. The van der Waals surface area contributed by atoms with Gasteiger partial charge < -0.3 is 19.7 Å². The first-order chi connectivity index (χ1) is 9.06. The van der Waals surface area contributed by atoms with Crippen LogP contribution in [0.2, 0.25) is 5.02 Å². The van der Waals surface area contributed by atoms with Crippen molar-refractivity contribution in [2.75, 3.05) is 14.2 Å². The van der Waals surface area contributed by atoms with Crippen molar-refractivity contribution in [2.24, 2.45) is 5.73 Å². The summed E-state index contributed by atoms with van der Waals surface area (Å²) in [7, 11) is 3.05. The summed E-state index contributed by atoms with van der Waals surface area (Å²) in [5.41, 5.74) is 6.33. The number of nitrogens with two attached hydrogens (primary N) is 1. The molecule has 6 nitrogen and oxygen atoms in total. The van der Waals surface area contributed by atoms with Gasteiger partial charge in [-0.3, -0.25) is 0 Å². The molecule has 0 unspecified atom stereocenters. The largest absolute Gasteiger partial charge is 0.493 e. The lowest BCUT2D eigenvalue weighted by molar-refractivity contribution is 0.355. The van der Waals surface area contributed by atoms with Crippen LogP contribution in [0.5, 0.6) is 11.5 Å². The van der Waals surface area contributed by atoms with Crippen molar-refractivity contribution >= 4 is 24.0 Å². The van der Waals surface area contributed by atoms with E-state index in [1.54, 1.807) is 19.1 Å². The zero-order valence-electron chi connectivity index (χ0n) is 11.2. The minimum absolute atomic E-state index is 0. The molecule has 0 spiro atoms. The molecule has 0 aliphatic heterocycles. The average molecular weight is 320 g/mol. The summed E-state index contributed by atoms with van der Waals surface area (Å²) in [6.07, 6.45) is 0. The summed E-state index contributed by atoms with van der Waals surface area (Å²) in [6, 6.07) is 3.08. The molecule has 0 saturated carbocycles. The molecule has 8 heteroatoms. The van der Waals surface area contributed by atoms with E-state index in [-0.39, 0.29) is 18.4 Å². The Labute approximate surface area is 127 Å². The highest BCUT2D eigenvalue weighted by Crippen LogP contribution is 2.38. The zero-order valence-corrected chi connectivity index (χ0v) is 12.8. The molecule has 0 aliphatic rings. The lowest BCUT2D eigenvalue weighted by Crippen LogP contribution is -2.04. The lowest BCUT2D eigenvalue weighted by Gasteiger charge is -2.10. The number of hydrogen-bond acceptors (Lipinski definition) is 6. The molecule has 1 aromatic carbocycles. The Balaban J connectivity index is 0.00000200. The van der Waals surface area contributed by atoms with Crippen LogP contribution in [0.3, 0.4) is 0 Å². The summed E-state index contributed by atoms with van der Waals surface area (Å²) in [6.45, 7) is 1.76. The molecular formula is C12H15Cl2N3O3. The second-order valence-corrected chi connectivity index (χ2v) is 4.35. The number of halogens is 2. The number of benzene rings is 1. The number of hydrogen-bond donors (Lipinski definition) is 1. The van der Waals surface area contributed by atoms with Crippen molar-refractivity contribution in [1.82, 2.24) is 10.1 Å². The molecule has 20 heavy (non-hydrogen) atoms. The number of nitrogens with zero attached hydrogens (tertiary/aromatic N) is 2. The van der Waals surface area contributed by atoms with E-state index in [1.807, 2.05) is 0 Å². The predicted octanol–water partition coefficient (Wildman–Crippen LogP) is 2.85. The van der Waals surface area contributed by atoms with Crippen molar-refractivity contribution in [2.45, 2.75) is 13.0 Å². The van der Waals surface area contributed by atoms with Gasteiger partial charge in [-0.2, -0.15) is 4.98 Å². The normalized spacial score (nSPS) is 11.7. The van der Waals surface area contributed by atoms with E-state index >= 15 is 0 Å². The summed E-state index contributed by atoms with van der Waals surface area (Å²) < 4.78 is 15.4. The van der Waals surface area contributed by atoms with Crippen LogP contribution in [0, 0.1) is 0 Å². The average Bonchev–Trinajstić information content (AvgIpc) is 2.87. The van der Waals surface area contributed by atoms with Crippen molar-refractivity contribution in [3.8, 4) is 22.9 Å². The standard InChI is InChI=1S/C12H14ClN3O3.ClH/c1-6(14)12-15-11(16-19-12)7-4-8(13)10(18-3)9(5-7)17-2;/h4-6H,14H2,1-3H3;1H/t6-;/m0./s1. The predicted molar refractivity (Wildman–Crippen MR) is 77.7 cm³/mol. The third kappa shape index (κ3) is 3.15. The fourth-order valence-electron chi connectivity index (χ4n) is 1.58. The van der Waals surface area contributed by atoms with E-state index in [2.05, 4.69) is 10.1 Å². The highest BCUT2D eigenvalue weighted by Gasteiger charge is 2.16. The number of rotatable bonds is 4. The van der Waals surface area contributed by atoms with Crippen LogP contribution in [0.4, 0.5) is 0 Å². The first-order valence-electron chi connectivity index (χ1n) is 5.58. The first kappa shape index (κ1) is 16.6. The number of aromatic nitrogens is 2. The Kier molecular flexibility index (Phi) is 5.62. The summed E-state index contributed by atoms with van der Waals surface area (Å²) in [5.74, 6) is 1.72. The van der Waals surface area contributed by atoms with E-state index < -0.39 is 0 Å². The maximum absolute atomic E-state index is 6.12. The van der Waals surface area contributed by atoms with Crippen LogP contribution in [0.1, 0.15) is 18.9 Å². The molecule has 0 fully saturated rings. The van der Waals surface area contributed by atoms with Gasteiger partial charge in [0.25, 0.3) is 0 Å². The van der Waals surface area contributed by atoms with Gasteiger partial charge in [0.2, 0.25) is 11.7 Å². The van der Waals surface area contributed by atoms with Crippen LogP contribution < -0.4 is 15.2 Å². The Hall–Kier alpha value is -1.50. The molecule has 2 aromatic rings. The second-order valence-electron chi connectivity index (χ2n) is 3.94. The van der Waals surface area contributed by atoms with E-state index in [0.29, 0.717) is 33.8 Å². The summed E-state index contributed by atoms with van der Waals surface area (Å²) in [5, 5.41) is 4.27. The topological polar surface area (TPSA) is 83.4 Å². The van der Waals surface area contributed by atoms with Crippen LogP contribution in [-0.2, 0) is 0 Å². The van der Waals surface area contributed by atoms with Crippen LogP contribution in [0.15, 0.2) is 16.7 Å². The van der Waals surface area contributed by atoms with Gasteiger partial charge in [-0.25, -0.2) is 0 Å². The molecule has 0 bridgehead atoms. The Morgan fingerprint density at radius 3 is 2.50 bits per heavy atom. The van der Waals surface area contributed by atoms with Crippen molar-refractivity contribution < 1.29 is 14.0 Å². The van der Waals surface area contributed by atoms with E-state index in [4.69, 9.17) is 31.3 Å². The summed E-state index contributed by atoms with van der Waals surface area (Å²) >= 11 is 6.12. The van der Waals surface area contributed by atoms with Crippen LogP contribution in [-0.4, -0.2) is 24.4 Å². The summed E-state index contributed by atoms with van der Waals surface area (Å²) in [4.78, 5) is 4.19. The third-order valence-electron chi connectivity index (χ3n) is 2.52. The molecule has 2 N–H and O–H groups in total. The lowest BCUT2D eigenvalue weighted by atomic mass is 10.2. The molecule has 110 valence electrons. The molecule has 0 radical (unpaired) electrons. The fraction of sp³-hybridized carbons (Fsp3) is 0.333. The van der Waals surface area contributed by atoms with Gasteiger partial charge in [-0.15, -0.1) is 12.4 Å². The zero-order chi connectivity index (χ0) is 14.0. The quantitative estimate of drug-likeness (QED) is 0.932. The van der Waals surface area contributed by atoms with Gasteiger partial charge in [0.15, 0.2) is 11.5 Å². The van der Waals surface area contributed by atoms with E-state index in [0.717, 1.165) is 0 Å². The molecule has 1 aromatic heterocycles. The minimum Gasteiger partial charge on any atom is -0.493 e. The van der Waals surface area contributed by atoms with Crippen molar-refractivity contribution in [1.29, 1.82) is 0 Å². The molecule has 0 aliphatic carbocycles. The number of methoxy groups -OCH3 is 2. The minimum atomic E-state index is -0.322. The first-order valence-corrected chi connectivity index (χ1v) is 5.95. The van der Waals surface area contributed by atoms with Gasteiger partial charge in [0, 0.05) is 5.56 Å². The Morgan fingerprint density at radius 1 is 1.30 bits per heavy atom. The maximum Gasteiger partial charge on any atom is 0.243 e. The maximum atomic E-state index is 6.12. The highest BCUT2D eigenvalue weighted by molar-refractivity contribution is 6.32. The van der Waals surface area contributed by atoms with Gasteiger partial charge in [-0.1, -0.05) is 16.8 Å². The number of ether oxygens (including phenoxy) is 2. The smallest absolute Gasteiger partial charge is 0.243 e. The Morgan fingerprint density at radius 2 is 2.00 bits per heavy atom. The van der Waals surface area contributed by atoms with Crippen molar-refractivity contribution in [3.63, 3.8) is 0 Å². The van der Waals surface area contributed by atoms with Crippen LogP contribution >= 0.6 is 24.0 Å². The molecular weight excluding hydrogens is 305 g/mol. The Bertz CT molecular complexity index is 587. The fourth-order valence-corrected chi connectivity index (χ4v) is 1.87. The van der Waals surface area contributed by atoms with Gasteiger partial charge >= 0.3 is 0 Å². The molecule has 0 saturated heterocycles. The second kappa shape index (κ2) is 6.78. The van der Waals surface area contributed by atoms with Gasteiger partial charge in [0.1, 0.15) is 0 Å². The van der Waals surface area contributed by atoms with Crippen LogP contribution in [0.25, 0.3) is 11.4 Å². The molecule has 2 rings (SSSR count).